The van der Waals surface area contributed by atoms with Crippen molar-refractivity contribution in [2.75, 3.05) is 10.0 Å². The van der Waals surface area contributed by atoms with Gasteiger partial charge in [-0.05, 0) is 42.8 Å². The molecule has 0 fully saturated rings. The first kappa shape index (κ1) is 24.5. The van der Waals surface area contributed by atoms with Gasteiger partial charge in [-0.1, -0.05) is 50.2 Å². The summed E-state index contributed by atoms with van der Waals surface area (Å²) in [5.74, 6) is 6.05. The molecule has 6 nitrogen and oxygen atoms in total. The summed E-state index contributed by atoms with van der Waals surface area (Å²) < 4.78 is 28.3. The lowest BCUT2D eigenvalue weighted by Gasteiger charge is -2.09. The molecule has 2 N–H and O–H groups in total. The zero-order valence-corrected chi connectivity index (χ0v) is 20.4. The van der Waals surface area contributed by atoms with Crippen LogP contribution >= 0.6 is 11.3 Å². The fourth-order valence-electron chi connectivity index (χ4n) is 3.09. The number of nitrogens with one attached hydrogen (secondary N) is 2. The summed E-state index contributed by atoms with van der Waals surface area (Å²) in [4.78, 5) is 15.7. The van der Waals surface area contributed by atoms with Gasteiger partial charge in [0.15, 0.2) is 5.13 Å². The third kappa shape index (κ3) is 7.45. The van der Waals surface area contributed by atoms with E-state index < -0.39 is 10.0 Å². The van der Waals surface area contributed by atoms with Crippen LogP contribution in [0.5, 0.6) is 0 Å². The first-order valence-electron chi connectivity index (χ1n) is 10.8. The van der Waals surface area contributed by atoms with Gasteiger partial charge in [-0.25, -0.2) is 13.4 Å². The molecule has 0 spiro atoms. The van der Waals surface area contributed by atoms with Crippen molar-refractivity contribution >= 4 is 38.1 Å². The molecule has 0 bridgehead atoms. The lowest BCUT2D eigenvalue weighted by Crippen LogP contribution is -2.12. The van der Waals surface area contributed by atoms with Crippen molar-refractivity contribution in [2.24, 2.45) is 0 Å². The number of unbranched alkanes of at least 4 members (excludes halogenated alkanes) is 4. The number of carbonyl (C=O) groups is 1. The Morgan fingerprint density at radius 2 is 1.88 bits per heavy atom. The van der Waals surface area contributed by atoms with Crippen molar-refractivity contribution in [3.63, 3.8) is 0 Å². The van der Waals surface area contributed by atoms with Crippen LogP contribution in [0.4, 0.5) is 10.8 Å². The molecule has 0 aliphatic carbocycles. The molecule has 1 aromatic heterocycles. The Bertz CT molecular complexity index is 1250. The van der Waals surface area contributed by atoms with Crippen molar-refractivity contribution in [3.05, 3.63) is 59.5 Å². The van der Waals surface area contributed by atoms with Gasteiger partial charge in [-0.2, -0.15) is 0 Å². The summed E-state index contributed by atoms with van der Waals surface area (Å²) in [5, 5.41) is 4.95. The monoisotopic (exact) mass is 481 g/mol. The number of anilines is 2. The van der Waals surface area contributed by atoms with E-state index in [2.05, 4.69) is 33.8 Å². The van der Waals surface area contributed by atoms with Gasteiger partial charge >= 0.3 is 0 Å². The topological polar surface area (TPSA) is 88.2 Å². The standard InChI is InChI=1S/C25H27N3O3S2/c1-3-4-5-6-7-8-10-20-13-15-23(16-14-20)33(30,31)28-22-12-9-11-21(17-22)24-18-32-25(27-24)26-19(2)29/h9,11-18,28H,3-7H2,1-2H3,(H,26,27,29). The maximum atomic E-state index is 12.8. The smallest absolute Gasteiger partial charge is 0.261 e. The molecule has 3 rings (SSSR count). The van der Waals surface area contributed by atoms with Crippen molar-refractivity contribution in [2.45, 2.75) is 50.8 Å². The Kier molecular flexibility index (Phi) is 8.64. The maximum Gasteiger partial charge on any atom is 0.261 e. The lowest BCUT2D eigenvalue weighted by atomic mass is 10.1. The van der Waals surface area contributed by atoms with Crippen LogP contribution < -0.4 is 10.0 Å². The molecule has 3 aromatic rings. The summed E-state index contributed by atoms with van der Waals surface area (Å²) in [7, 11) is -3.75. The van der Waals surface area contributed by atoms with Crippen molar-refractivity contribution in [1.29, 1.82) is 0 Å². The molecule has 0 saturated heterocycles. The highest BCUT2D eigenvalue weighted by molar-refractivity contribution is 7.92. The molecular weight excluding hydrogens is 454 g/mol. The molecule has 0 aliphatic heterocycles. The van der Waals surface area contributed by atoms with Crippen LogP contribution in [0.2, 0.25) is 0 Å². The Morgan fingerprint density at radius 3 is 2.61 bits per heavy atom. The molecule has 0 unspecified atom stereocenters. The Balaban J connectivity index is 1.67. The zero-order chi connectivity index (χ0) is 23.7. The summed E-state index contributed by atoms with van der Waals surface area (Å²) >= 11 is 1.31. The van der Waals surface area contributed by atoms with Gasteiger partial charge in [0, 0.05) is 35.5 Å². The second-order valence-electron chi connectivity index (χ2n) is 7.54. The van der Waals surface area contributed by atoms with E-state index in [0.717, 1.165) is 24.0 Å². The number of benzene rings is 2. The molecule has 8 heteroatoms. The van der Waals surface area contributed by atoms with Crippen LogP contribution in [0.25, 0.3) is 11.3 Å². The van der Waals surface area contributed by atoms with Gasteiger partial charge in [0.2, 0.25) is 5.91 Å². The summed E-state index contributed by atoms with van der Waals surface area (Å²) in [6, 6.07) is 13.6. The summed E-state index contributed by atoms with van der Waals surface area (Å²) in [6.45, 7) is 3.60. The highest BCUT2D eigenvalue weighted by Gasteiger charge is 2.15. The molecule has 1 amide bonds. The largest absolute Gasteiger partial charge is 0.302 e. The van der Waals surface area contributed by atoms with Gasteiger partial charge in [0.05, 0.1) is 10.6 Å². The molecular formula is C25H27N3O3S2. The predicted molar refractivity (Wildman–Crippen MR) is 135 cm³/mol. The van der Waals surface area contributed by atoms with Crippen LogP contribution in [-0.2, 0) is 14.8 Å². The maximum absolute atomic E-state index is 12.8. The second kappa shape index (κ2) is 11.6. The van der Waals surface area contributed by atoms with Crippen LogP contribution in [0.3, 0.4) is 0 Å². The van der Waals surface area contributed by atoms with Gasteiger partial charge < -0.3 is 5.32 Å². The number of amides is 1. The average Bonchev–Trinajstić information content (AvgIpc) is 3.24. The molecule has 172 valence electrons. The third-order valence-electron chi connectivity index (χ3n) is 4.75. The van der Waals surface area contributed by atoms with Crippen LogP contribution in [0.1, 0.15) is 51.5 Å². The van der Waals surface area contributed by atoms with Gasteiger partial charge in [0.1, 0.15) is 0 Å². The number of thiazole rings is 1. The fraction of sp³-hybridized carbons (Fsp3) is 0.280. The Morgan fingerprint density at radius 1 is 1.09 bits per heavy atom. The molecule has 0 aliphatic rings. The van der Waals surface area contributed by atoms with E-state index in [4.69, 9.17) is 0 Å². The van der Waals surface area contributed by atoms with Crippen molar-refractivity contribution in [3.8, 4) is 23.1 Å². The van der Waals surface area contributed by atoms with E-state index in [0.29, 0.717) is 16.5 Å². The number of aromatic nitrogens is 1. The highest BCUT2D eigenvalue weighted by atomic mass is 32.2. The SMILES string of the molecule is CCCCCCC#Cc1ccc(S(=O)(=O)Nc2cccc(-c3csc(NC(C)=O)n3)c2)cc1. The fourth-order valence-corrected chi connectivity index (χ4v) is 4.91. The summed E-state index contributed by atoms with van der Waals surface area (Å²) in [5.41, 5.74) is 2.62. The van der Waals surface area contributed by atoms with E-state index in [1.165, 1.54) is 37.5 Å². The third-order valence-corrected chi connectivity index (χ3v) is 6.91. The van der Waals surface area contributed by atoms with Gasteiger partial charge in [-0.15, -0.1) is 11.3 Å². The first-order chi connectivity index (χ1) is 15.9. The van der Waals surface area contributed by atoms with Gasteiger partial charge in [-0.3, -0.25) is 9.52 Å². The van der Waals surface area contributed by atoms with Crippen molar-refractivity contribution in [1.82, 2.24) is 4.98 Å². The minimum absolute atomic E-state index is 0.169. The summed E-state index contributed by atoms with van der Waals surface area (Å²) in [6.07, 6.45) is 5.56. The molecule has 1 heterocycles. The van der Waals surface area contributed by atoms with E-state index in [9.17, 15) is 13.2 Å². The highest BCUT2D eigenvalue weighted by Crippen LogP contribution is 2.27. The van der Waals surface area contributed by atoms with Crippen LogP contribution in [0, 0.1) is 11.8 Å². The van der Waals surface area contributed by atoms with E-state index in [1.54, 1.807) is 42.5 Å². The number of hydrogen-bond acceptors (Lipinski definition) is 5. The Labute approximate surface area is 199 Å². The van der Waals surface area contributed by atoms with Crippen LogP contribution in [-0.4, -0.2) is 19.3 Å². The predicted octanol–water partition coefficient (Wildman–Crippen LogP) is 5.89. The molecule has 0 saturated carbocycles. The lowest BCUT2D eigenvalue weighted by molar-refractivity contribution is -0.114. The minimum Gasteiger partial charge on any atom is -0.302 e. The number of sulfonamides is 1. The van der Waals surface area contributed by atoms with Crippen LogP contribution in [0.15, 0.2) is 58.8 Å². The van der Waals surface area contributed by atoms with E-state index in [1.807, 2.05) is 11.4 Å². The normalized spacial score (nSPS) is 10.8. The van der Waals surface area contributed by atoms with E-state index >= 15 is 0 Å². The molecule has 2 aromatic carbocycles. The number of rotatable bonds is 9. The minimum atomic E-state index is -3.75. The Hall–Kier alpha value is -3.15. The molecule has 0 radical (unpaired) electrons. The second-order valence-corrected chi connectivity index (χ2v) is 10.1. The van der Waals surface area contributed by atoms with E-state index in [-0.39, 0.29) is 10.8 Å². The molecule has 0 atom stereocenters. The molecule has 33 heavy (non-hydrogen) atoms. The van der Waals surface area contributed by atoms with Crippen molar-refractivity contribution < 1.29 is 13.2 Å². The van der Waals surface area contributed by atoms with Gasteiger partial charge in [0.25, 0.3) is 10.0 Å². The number of carbonyl (C=O) groups excluding carboxylic acids is 1. The first-order valence-corrected chi connectivity index (χ1v) is 13.2. The average molecular weight is 482 g/mol. The quantitative estimate of drug-likeness (QED) is 0.295. The number of nitrogens with zero attached hydrogens (tertiary/aromatic N) is 1. The number of hydrogen-bond donors (Lipinski definition) is 2. The zero-order valence-electron chi connectivity index (χ0n) is 18.7.